The molecule has 0 spiro atoms. The highest BCUT2D eigenvalue weighted by Gasteiger charge is 2.35. The molecule has 0 radical (unpaired) electrons. The zero-order valence-electron chi connectivity index (χ0n) is 12.9. The fourth-order valence-corrected chi connectivity index (χ4v) is 2.39. The van der Waals surface area contributed by atoms with Crippen molar-refractivity contribution in [2.75, 3.05) is 26.4 Å². The first-order valence-corrected chi connectivity index (χ1v) is 7.43. The van der Waals surface area contributed by atoms with Gasteiger partial charge in [0.1, 0.15) is 26.4 Å². The molecule has 0 heterocycles. The average molecular weight is 312 g/mol. The normalized spacial score (nSPS) is 16.2. The molecule has 0 aromatic heterocycles. The van der Waals surface area contributed by atoms with E-state index < -0.39 is 12.3 Å². The minimum absolute atomic E-state index is 0.107. The first-order valence-electron chi connectivity index (χ1n) is 7.43. The second-order valence-electron chi connectivity index (χ2n) is 5.34. The van der Waals surface area contributed by atoms with Crippen molar-refractivity contribution in [3.8, 4) is 0 Å². The van der Waals surface area contributed by atoms with Crippen LogP contribution >= 0.6 is 0 Å². The molecule has 0 bridgehead atoms. The van der Waals surface area contributed by atoms with Gasteiger partial charge in [0, 0.05) is 5.41 Å². The van der Waals surface area contributed by atoms with Crippen LogP contribution in [0.25, 0.3) is 0 Å². The van der Waals surface area contributed by atoms with Gasteiger partial charge in [-0.25, -0.2) is 9.59 Å². The summed E-state index contributed by atoms with van der Waals surface area (Å²) in [4.78, 5) is 22.9. The number of hydrogen-bond acceptors (Lipinski definition) is 6. The number of carbonyl (C=O) groups is 2. The van der Waals surface area contributed by atoms with Gasteiger partial charge >= 0.3 is 12.3 Å². The van der Waals surface area contributed by atoms with Crippen LogP contribution in [-0.4, -0.2) is 38.7 Å². The van der Waals surface area contributed by atoms with Crippen molar-refractivity contribution in [2.24, 2.45) is 5.41 Å². The molecule has 6 nitrogen and oxygen atoms in total. The fourth-order valence-electron chi connectivity index (χ4n) is 2.39. The van der Waals surface area contributed by atoms with Gasteiger partial charge < -0.3 is 18.9 Å². The predicted octanol–water partition coefficient (Wildman–Crippen LogP) is 3.62. The topological polar surface area (TPSA) is 71.1 Å². The van der Waals surface area contributed by atoms with E-state index in [9.17, 15) is 9.59 Å². The fraction of sp³-hybridized carbons (Fsp3) is 0.625. The number of carbonyl (C=O) groups excluding carboxylic acids is 2. The Morgan fingerprint density at radius 1 is 0.818 bits per heavy atom. The Morgan fingerprint density at radius 3 is 1.68 bits per heavy atom. The van der Waals surface area contributed by atoms with E-state index in [2.05, 4.69) is 13.2 Å². The van der Waals surface area contributed by atoms with Crippen molar-refractivity contribution < 1.29 is 28.5 Å². The maximum Gasteiger partial charge on any atom is 0.508 e. The van der Waals surface area contributed by atoms with Crippen molar-refractivity contribution in [3.05, 3.63) is 25.3 Å². The van der Waals surface area contributed by atoms with Crippen LogP contribution in [0, 0.1) is 5.41 Å². The Labute approximate surface area is 131 Å². The Bertz CT molecular complexity index is 354. The summed E-state index contributed by atoms with van der Waals surface area (Å²) in [5, 5.41) is 0. The lowest BCUT2D eigenvalue weighted by molar-refractivity contribution is -0.0315. The van der Waals surface area contributed by atoms with E-state index in [0.717, 1.165) is 32.1 Å². The molecule has 22 heavy (non-hydrogen) atoms. The van der Waals surface area contributed by atoms with Crippen LogP contribution in [0.5, 0.6) is 0 Å². The highest BCUT2D eigenvalue weighted by molar-refractivity contribution is 5.60. The van der Waals surface area contributed by atoms with Gasteiger partial charge in [-0.2, -0.15) is 0 Å². The zero-order valence-corrected chi connectivity index (χ0v) is 12.9. The van der Waals surface area contributed by atoms with Gasteiger partial charge in [0.05, 0.1) is 0 Å². The lowest BCUT2D eigenvalue weighted by Gasteiger charge is -2.35. The summed E-state index contributed by atoms with van der Waals surface area (Å²) in [6.45, 7) is 7.46. The van der Waals surface area contributed by atoms with Crippen molar-refractivity contribution in [1.29, 1.82) is 0 Å². The number of rotatable bonds is 8. The van der Waals surface area contributed by atoms with Crippen LogP contribution in [0.3, 0.4) is 0 Å². The molecule has 1 aliphatic carbocycles. The highest BCUT2D eigenvalue weighted by atomic mass is 16.7. The summed E-state index contributed by atoms with van der Waals surface area (Å²) < 4.78 is 19.9. The SMILES string of the molecule is C=CCOC(=O)OCC1(COC(=O)OCC=C)CCCCC1. The van der Waals surface area contributed by atoms with Crippen LogP contribution in [0.15, 0.2) is 25.3 Å². The summed E-state index contributed by atoms with van der Waals surface area (Å²) >= 11 is 0. The zero-order chi connectivity index (χ0) is 16.3. The second-order valence-corrected chi connectivity index (χ2v) is 5.34. The first-order chi connectivity index (χ1) is 10.6. The molecule has 0 unspecified atom stereocenters. The molecule has 1 fully saturated rings. The van der Waals surface area contributed by atoms with E-state index in [1.807, 2.05) is 0 Å². The molecular weight excluding hydrogens is 288 g/mol. The number of ether oxygens (including phenoxy) is 4. The molecular formula is C16H24O6. The minimum atomic E-state index is -0.737. The van der Waals surface area contributed by atoms with E-state index in [1.54, 1.807) is 0 Å². The van der Waals surface area contributed by atoms with Crippen LogP contribution in [-0.2, 0) is 18.9 Å². The van der Waals surface area contributed by atoms with Crippen LogP contribution in [0.1, 0.15) is 32.1 Å². The lowest BCUT2D eigenvalue weighted by atomic mass is 9.75. The molecule has 0 aromatic carbocycles. The Balaban J connectivity index is 2.46. The Kier molecular flexibility index (Phi) is 8.10. The molecule has 1 saturated carbocycles. The lowest BCUT2D eigenvalue weighted by Crippen LogP contribution is -2.36. The van der Waals surface area contributed by atoms with Crippen molar-refractivity contribution in [2.45, 2.75) is 32.1 Å². The molecule has 124 valence electrons. The summed E-state index contributed by atoms with van der Waals surface area (Å²) in [6, 6.07) is 0. The third-order valence-corrected chi connectivity index (χ3v) is 3.54. The van der Waals surface area contributed by atoms with Crippen LogP contribution < -0.4 is 0 Å². The Hall–Kier alpha value is -1.98. The molecule has 1 rings (SSSR count). The molecule has 0 N–H and O–H groups in total. The molecule has 0 saturated heterocycles. The average Bonchev–Trinajstić information content (AvgIpc) is 2.55. The summed E-state index contributed by atoms with van der Waals surface area (Å²) in [5.74, 6) is 0. The van der Waals surface area contributed by atoms with E-state index in [1.165, 1.54) is 12.2 Å². The summed E-state index contributed by atoms with van der Waals surface area (Å²) in [7, 11) is 0. The molecule has 0 aliphatic heterocycles. The van der Waals surface area contributed by atoms with Gasteiger partial charge in [-0.15, -0.1) is 0 Å². The van der Waals surface area contributed by atoms with E-state index in [4.69, 9.17) is 18.9 Å². The smallest absolute Gasteiger partial charge is 0.434 e. The third kappa shape index (κ3) is 6.65. The quantitative estimate of drug-likeness (QED) is 0.503. The van der Waals surface area contributed by atoms with Crippen molar-refractivity contribution >= 4 is 12.3 Å². The molecule has 0 atom stereocenters. The van der Waals surface area contributed by atoms with Crippen LogP contribution in [0.4, 0.5) is 9.59 Å². The van der Waals surface area contributed by atoms with Crippen LogP contribution in [0.2, 0.25) is 0 Å². The van der Waals surface area contributed by atoms with Gasteiger partial charge in [-0.05, 0) is 12.8 Å². The first kappa shape index (κ1) is 18.1. The Morgan fingerprint density at radius 2 is 1.27 bits per heavy atom. The van der Waals surface area contributed by atoms with E-state index in [0.29, 0.717) is 0 Å². The maximum absolute atomic E-state index is 11.4. The third-order valence-electron chi connectivity index (χ3n) is 3.54. The standard InChI is InChI=1S/C16H24O6/c1-3-10-19-14(17)21-12-16(8-6-5-7-9-16)13-22-15(18)20-11-4-2/h3-4H,1-2,5-13H2. The second kappa shape index (κ2) is 9.87. The molecule has 0 amide bonds. The highest BCUT2D eigenvalue weighted by Crippen LogP contribution is 2.37. The van der Waals surface area contributed by atoms with Crippen molar-refractivity contribution in [3.63, 3.8) is 0 Å². The molecule has 0 aromatic rings. The maximum atomic E-state index is 11.4. The molecule has 6 heteroatoms. The van der Waals surface area contributed by atoms with Gasteiger partial charge in [0.15, 0.2) is 0 Å². The van der Waals surface area contributed by atoms with Gasteiger partial charge in [-0.3, -0.25) is 0 Å². The summed E-state index contributed by atoms with van der Waals surface area (Å²) in [6.07, 6.45) is 6.27. The van der Waals surface area contributed by atoms with Gasteiger partial charge in [0.25, 0.3) is 0 Å². The van der Waals surface area contributed by atoms with Gasteiger partial charge in [-0.1, -0.05) is 44.6 Å². The van der Waals surface area contributed by atoms with Gasteiger partial charge in [0.2, 0.25) is 0 Å². The monoisotopic (exact) mass is 312 g/mol. The summed E-state index contributed by atoms with van der Waals surface area (Å²) in [5.41, 5.74) is -0.362. The van der Waals surface area contributed by atoms with E-state index >= 15 is 0 Å². The van der Waals surface area contributed by atoms with Crippen molar-refractivity contribution in [1.82, 2.24) is 0 Å². The largest absolute Gasteiger partial charge is 0.508 e. The van der Waals surface area contributed by atoms with E-state index in [-0.39, 0.29) is 31.8 Å². The minimum Gasteiger partial charge on any atom is -0.434 e. The number of hydrogen-bond donors (Lipinski definition) is 0. The predicted molar refractivity (Wildman–Crippen MR) is 80.5 cm³/mol. The molecule has 1 aliphatic rings.